The highest BCUT2D eigenvalue weighted by Crippen LogP contribution is 2.34. The standard InChI is InChI=1S/C21H18BrN3O5S2/c1-29-15-8-3-12(9-16(15)30-2)10-17-20(28)25(21(31)32-17)11-18(26)23-24-19(27)13-4-6-14(22)7-5-13/h3-10H,11H2,1-2H3,(H,23,26)(H,24,27). The first-order chi connectivity index (χ1) is 15.3. The summed E-state index contributed by atoms with van der Waals surface area (Å²) in [6, 6.07) is 11.9. The van der Waals surface area contributed by atoms with E-state index < -0.39 is 17.7 Å². The van der Waals surface area contributed by atoms with Gasteiger partial charge in [0.2, 0.25) is 0 Å². The molecule has 8 nitrogen and oxygen atoms in total. The van der Waals surface area contributed by atoms with E-state index in [1.165, 1.54) is 19.1 Å². The lowest BCUT2D eigenvalue weighted by Crippen LogP contribution is -2.47. The molecule has 3 amide bonds. The van der Waals surface area contributed by atoms with E-state index >= 15 is 0 Å². The van der Waals surface area contributed by atoms with Crippen molar-refractivity contribution >= 4 is 68.0 Å². The van der Waals surface area contributed by atoms with E-state index in [0.29, 0.717) is 22.0 Å². The number of nitrogens with one attached hydrogen (secondary N) is 2. The number of thioether (sulfide) groups is 1. The van der Waals surface area contributed by atoms with Gasteiger partial charge >= 0.3 is 0 Å². The molecule has 2 aromatic rings. The number of thiocarbonyl (C=S) groups is 1. The van der Waals surface area contributed by atoms with Gasteiger partial charge in [-0.05, 0) is 48.0 Å². The van der Waals surface area contributed by atoms with Crippen LogP contribution in [0, 0.1) is 0 Å². The number of benzene rings is 2. The van der Waals surface area contributed by atoms with Crippen molar-refractivity contribution < 1.29 is 23.9 Å². The highest BCUT2D eigenvalue weighted by molar-refractivity contribution is 9.10. The minimum absolute atomic E-state index is 0.246. The molecule has 0 radical (unpaired) electrons. The molecule has 1 aliphatic heterocycles. The number of hydrogen-bond donors (Lipinski definition) is 2. The number of carbonyl (C=O) groups excluding carboxylic acids is 3. The molecule has 166 valence electrons. The predicted octanol–water partition coefficient (Wildman–Crippen LogP) is 3.13. The van der Waals surface area contributed by atoms with Crippen LogP contribution in [-0.2, 0) is 9.59 Å². The number of methoxy groups -OCH3 is 2. The highest BCUT2D eigenvalue weighted by Gasteiger charge is 2.33. The van der Waals surface area contributed by atoms with Gasteiger partial charge in [-0.1, -0.05) is 46.0 Å². The molecule has 1 aliphatic rings. The largest absolute Gasteiger partial charge is 0.493 e. The van der Waals surface area contributed by atoms with Crippen LogP contribution in [0.5, 0.6) is 11.5 Å². The topological polar surface area (TPSA) is 97.0 Å². The number of halogens is 1. The lowest BCUT2D eigenvalue weighted by molar-refractivity contribution is -0.129. The Morgan fingerprint density at radius 2 is 1.78 bits per heavy atom. The quantitative estimate of drug-likeness (QED) is 0.333. The third-order valence-electron chi connectivity index (χ3n) is 4.30. The molecular formula is C21H18BrN3O5S2. The van der Waals surface area contributed by atoms with Crippen LogP contribution in [0.1, 0.15) is 15.9 Å². The van der Waals surface area contributed by atoms with Crippen molar-refractivity contribution in [2.75, 3.05) is 20.8 Å². The van der Waals surface area contributed by atoms with Crippen molar-refractivity contribution in [1.29, 1.82) is 0 Å². The smallest absolute Gasteiger partial charge is 0.269 e. The van der Waals surface area contributed by atoms with Crippen LogP contribution in [0.15, 0.2) is 51.8 Å². The summed E-state index contributed by atoms with van der Waals surface area (Å²) < 4.78 is 11.6. The van der Waals surface area contributed by atoms with E-state index in [1.54, 1.807) is 48.5 Å². The number of rotatable bonds is 6. The van der Waals surface area contributed by atoms with Crippen molar-refractivity contribution in [2.24, 2.45) is 0 Å². The third kappa shape index (κ3) is 5.67. The summed E-state index contributed by atoms with van der Waals surface area (Å²) in [5, 5.41) is 0. The Morgan fingerprint density at radius 1 is 1.09 bits per heavy atom. The fourth-order valence-corrected chi connectivity index (χ4v) is 4.23. The predicted molar refractivity (Wildman–Crippen MR) is 129 cm³/mol. The Morgan fingerprint density at radius 3 is 2.44 bits per heavy atom. The first-order valence-corrected chi connectivity index (χ1v) is 11.2. The van der Waals surface area contributed by atoms with Gasteiger partial charge in [0.05, 0.1) is 19.1 Å². The van der Waals surface area contributed by atoms with Crippen LogP contribution in [0.3, 0.4) is 0 Å². The van der Waals surface area contributed by atoms with Gasteiger partial charge in [-0.3, -0.25) is 30.1 Å². The number of hydrazine groups is 1. The highest BCUT2D eigenvalue weighted by atomic mass is 79.9. The summed E-state index contributed by atoms with van der Waals surface area (Å²) in [7, 11) is 3.06. The Hall–Kier alpha value is -2.89. The summed E-state index contributed by atoms with van der Waals surface area (Å²) in [6.45, 7) is -0.325. The van der Waals surface area contributed by atoms with E-state index in [2.05, 4.69) is 26.8 Å². The van der Waals surface area contributed by atoms with Gasteiger partial charge in [-0.15, -0.1) is 0 Å². The van der Waals surface area contributed by atoms with Gasteiger partial charge in [0.15, 0.2) is 11.5 Å². The molecule has 11 heteroatoms. The molecule has 0 atom stereocenters. The minimum Gasteiger partial charge on any atom is -0.493 e. The van der Waals surface area contributed by atoms with Crippen molar-refractivity contribution in [3.63, 3.8) is 0 Å². The van der Waals surface area contributed by atoms with Crippen LogP contribution >= 0.6 is 39.9 Å². The Bertz CT molecular complexity index is 1110. The molecule has 0 aliphatic carbocycles. The van der Waals surface area contributed by atoms with Crippen LogP contribution in [-0.4, -0.2) is 47.7 Å². The fraction of sp³-hybridized carbons (Fsp3) is 0.143. The molecule has 2 aromatic carbocycles. The normalized spacial score (nSPS) is 14.5. The fourth-order valence-electron chi connectivity index (χ4n) is 2.71. The van der Waals surface area contributed by atoms with Crippen molar-refractivity contribution in [2.45, 2.75) is 0 Å². The molecule has 1 saturated heterocycles. The number of nitrogens with zero attached hydrogens (tertiary/aromatic N) is 1. The van der Waals surface area contributed by atoms with Crippen LogP contribution in [0.4, 0.5) is 0 Å². The van der Waals surface area contributed by atoms with Crippen LogP contribution < -0.4 is 20.3 Å². The summed E-state index contributed by atoms with van der Waals surface area (Å²) in [6.07, 6.45) is 1.66. The second-order valence-corrected chi connectivity index (χ2v) is 8.98. The SMILES string of the molecule is COc1ccc(C=C2SC(=S)N(CC(=O)NNC(=O)c3ccc(Br)cc3)C2=O)cc1OC. The van der Waals surface area contributed by atoms with E-state index in [-0.39, 0.29) is 10.9 Å². The summed E-state index contributed by atoms with van der Waals surface area (Å²) >= 11 is 9.63. The van der Waals surface area contributed by atoms with Crippen molar-refractivity contribution in [3.05, 3.63) is 63.0 Å². The van der Waals surface area contributed by atoms with E-state index in [1.807, 2.05) is 0 Å². The molecule has 2 N–H and O–H groups in total. The molecule has 1 fully saturated rings. The van der Waals surface area contributed by atoms with E-state index in [9.17, 15) is 14.4 Å². The maximum absolute atomic E-state index is 12.7. The Kier molecular flexibility index (Phi) is 7.89. The molecule has 0 saturated carbocycles. The second-order valence-electron chi connectivity index (χ2n) is 6.39. The summed E-state index contributed by atoms with van der Waals surface area (Å²) in [5.41, 5.74) is 5.70. The van der Waals surface area contributed by atoms with Crippen molar-refractivity contribution in [3.8, 4) is 11.5 Å². The summed E-state index contributed by atoms with van der Waals surface area (Å²) in [5.74, 6) is -0.371. The number of carbonyl (C=O) groups is 3. The number of hydrogen-bond acceptors (Lipinski definition) is 7. The second kappa shape index (κ2) is 10.6. The molecule has 0 aromatic heterocycles. The zero-order valence-electron chi connectivity index (χ0n) is 17.0. The Labute approximate surface area is 202 Å². The molecule has 1 heterocycles. The molecule has 0 spiro atoms. The van der Waals surface area contributed by atoms with Gasteiger partial charge < -0.3 is 9.47 Å². The lowest BCUT2D eigenvalue weighted by Gasteiger charge is -2.14. The van der Waals surface area contributed by atoms with E-state index in [4.69, 9.17) is 21.7 Å². The lowest BCUT2D eigenvalue weighted by atomic mass is 10.2. The van der Waals surface area contributed by atoms with Crippen LogP contribution in [0.25, 0.3) is 6.08 Å². The average Bonchev–Trinajstić information content (AvgIpc) is 3.05. The monoisotopic (exact) mass is 535 g/mol. The number of ether oxygens (including phenoxy) is 2. The van der Waals surface area contributed by atoms with Gasteiger partial charge in [0.1, 0.15) is 10.9 Å². The molecule has 0 bridgehead atoms. The van der Waals surface area contributed by atoms with Gasteiger partial charge in [-0.2, -0.15) is 0 Å². The first-order valence-electron chi connectivity index (χ1n) is 9.14. The zero-order valence-corrected chi connectivity index (χ0v) is 20.2. The van der Waals surface area contributed by atoms with Gasteiger partial charge in [0.25, 0.3) is 17.7 Å². The third-order valence-corrected chi connectivity index (χ3v) is 6.21. The summed E-state index contributed by atoms with van der Waals surface area (Å²) in [4.78, 5) is 38.6. The molecular weight excluding hydrogens is 518 g/mol. The zero-order chi connectivity index (χ0) is 23.3. The minimum atomic E-state index is -0.584. The maximum Gasteiger partial charge on any atom is 0.269 e. The molecule has 3 rings (SSSR count). The molecule has 0 unspecified atom stereocenters. The molecule has 32 heavy (non-hydrogen) atoms. The maximum atomic E-state index is 12.7. The number of amides is 3. The van der Waals surface area contributed by atoms with E-state index in [0.717, 1.165) is 21.8 Å². The Balaban J connectivity index is 1.62. The van der Waals surface area contributed by atoms with Gasteiger partial charge in [-0.25, -0.2) is 0 Å². The average molecular weight is 536 g/mol. The van der Waals surface area contributed by atoms with Crippen LogP contribution in [0.2, 0.25) is 0 Å². The first kappa shape index (κ1) is 23.8. The van der Waals surface area contributed by atoms with Crippen molar-refractivity contribution in [1.82, 2.24) is 15.8 Å². The van der Waals surface area contributed by atoms with Gasteiger partial charge in [0, 0.05) is 10.0 Å².